The molecule has 2 unspecified atom stereocenters. The number of nitrogens with two attached hydrogens (primary N) is 1. The van der Waals surface area contributed by atoms with E-state index in [-0.39, 0.29) is 11.5 Å². The molecule has 0 bridgehead atoms. The molecule has 2 fully saturated rings. The van der Waals surface area contributed by atoms with Crippen molar-refractivity contribution in [2.24, 2.45) is 17.6 Å². The van der Waals surface area contributed by atoms with E-state index >= 15 is 0 Å². The molecule has 1 saturated heterocycles. The Kier molecular flexibility index (Phi) is 4.28. The molecular formula is C14H26N2O2. The zero-order chi connectivity index (χ0) is 13.2. The molecule has 0 radical (unpaired) electrons. The van der Waals surface area contributed by atoms with E-state index in [1.54, 1.807) is 0 Å². The third-order valence-corrected chi connectivity index (χ3v) is 4.38. The summed E-state index contributed by atoms with van der Waals surface area (Å²) in [6.07, 6.45) is 4.33. The van der Waals surface area contributed by atoms with Crippen LogP contribution in [0.5, 0.6) is 0 Å². The summed E-state index contributed by atoms with van der Waals surface area (Å²) in [7, 11) is 0. The van der Waals surface area contributed by atoms with Crippen molar-refractivity contribution in [3.63, 3.8) is 0 Å². The van der Waals surface area contributed by atoms with Crippen LogP contribution in [0.3, 0.4) is 0 Å². The van der Waals surface area contributed by atoms with Crippen LogP contribution in [0.15, 0.2) is 0 Å². The van der Waals surface area contributed by atoms with Crippen molar-refractivity contribution in [3.05, 3.63) is 0 Å². The first-order valence-corrected chi connectivity index (χ1v) is 7.14. The standard InChI is InChI=1S/C14H26N2O2/c1-14(2)10-18-7-6-16(14)13(17)12-5-3-4-11(8-12)9-15/h11-12H,3-10,15H2,1-2H3. The van der Waals surface area contributed by atoms with Gasteiger partial charge in [-0.15, -0.1) is 0 Å². The van der Waals surface area contributed by atoms with Crippen LogP contribution < -0.4 is 5.73 Å². The van der Waals surface area contributed by atoms with E-state index in [1.165, 1.54) is 6.42 Å². The summed E-state index contributed by atoms with van der Waals surface area (Å²) in [4.78, 5) is 14.7. The van der Waals surface area contributed by atoms with Crippen molar-refractivity contribution in [2.75, 3.05) is 26.3 Å². The van der Waals surface area contributed by atoms with E-state index in [0.717, 1.165) is 32.4 Å². The third kappa shape index (κ3) is 2.86. The molecular weight excluding hydrogens is 228 g/mol. The summed E-state index contributed by atoms with van der Waals surface area (Å²) in [5.74, 6) is 1.04. The number of hydrogen-bond donors (Lipinski definition) is 1. The van der Waals surface area contributed by atoms with Gasteiger partial charge in [0, 0.05) is 12.5 Å². The molecule has 1 amide bonds. The van der Waals surface area contributed by atoms with Gasteiger partial charge in [-0.2, -0.15) is 0 Å². The van der Waals surface area contributed by atoms with Crippen molar-refractivity contribution < 1.29 is 9.53 Å². The third-order valence-electron chi connectivity index (χ3n) is 4.38. The van der Waals surface area contributed by atoms with Crippen molar-refractivity contribution in [3.8, 4) is 0 Å². The summed E-state index contributed by atoms with van der Waals surface area (Å²) in [5, 5.41) is 0. The summed E-state index contributed by atoms with van der Waals surface area (Å²) in [6, 6.07) is 0. The number of rotatable bonds is 2. The van der Waals surface area contributed by atoms with Crippen LogP contribution >= 0.6 is 0 Å². The van der Waals surface area contributed by atoms with Crippen LogP contribution in [0.2, 0.25) is 0 Å². The van der Waals surface area contributed by atoms with Gasteiger partial charge in [0.1, 0.15) is 0 Å². The van der Waals surface area contributed by atoms with E-state index in [2.05, 4.69) is 13.8 Å². The smallest absolute Gasteiger partial charge is 0.226 e. The van der Waals surface area contributed by atoms with Crippen LogP contribution in [0.4, 0.5) is 0 Å². The normalized spacial score (nSPS) is 32.3. The molecule has 0 aromatic carbocycles. The molecule has 4 heteroatoms. The lowest BCUT2D eigenvalue weighted by Gasteiger charge is -2.44. The quantitative estimate of drug-likeness (QED) is 0.810. The highest BCUT2D eigenvalue weighted by Crippen LogP contribution is 2.32. The van der Waals surface area contributed by atoms with Crippen LogP contribution in [-0.4, -0.2) is 42.6 Å². The summed E-state index contributed by atoms with van der Waals surface area (Å²) in [6.45, 7) is 6.94. The summed E-state index contributed by atoms with van der Waals surface area (Å²) in [5.41, 5.74) is 5.59. The molecule has 1 heterocycles. The monoisotopic (exact) mass is 254 g/mol. The van der Waals surface area contributed by atoms with Gasteiger partial charge in [-0.3, -0.25) is 4.79 Å². The topological polar surface area (TPSA) is 55.6 Å². The SMILES string of the molecule is CC1(C)COCCN1C(=O)C1CCCC(CN)C1. The summed E-state index contributed by atoms with van der Waals surface area (Å²) < 4.78 is 5.48. The highest BCUT2D eigenvalue weighted by atomic mass is 16.5. The van der Waals surface area contributed by atoms with Gasteiger partial charge in [0.2, 0.25) is 5.91 Å². The van der Waals surface area contributed by atoms with E-state index in [0.29, 0.717) is 25.0 Å². The minimum atomic E-state index is -0.162. The van der Waals surface area contributed by atoms with Crippen LogP contribution in [0, 0.1) is 11.8 Å². The maximum Gasteiger partial charge on any atom is 0.226 e. The molecule has 0 aromatic rings. The molecule has 2 aliphatic rings. The van der Waals surface area contributed by atoms with E-state index in [9.17, 15) is 4.79 Å². The first-order valence-electron chi connectivity index (χ1n) is 7.14. The molecule has 1 saturated carbocycles. The fraction of sp³-hybridized carbons (Fsp3) is 0.929. The maximum atomic E-state index is 12.7. The Balaban J connectivity index is 2.01. The van der Waals surface area contributed by atoms with Gasteiger partial charge in [-0.1, -0.05) is 6.42 Å². The first-order chi connectivity index (χ1) is 8.54. The van der Waals surface area contributed by atoms with E-state index < -0.39 is 0 Å². The zero-order valence-electron chi connectivity index (χ0n) is 11.7. The molecule has 0 aromatic heterocycles. The van der Waals surface area contributed by atoms with Crippen molar-refractivity contribution in [1.29, 1.82) is 0 Å². The van der Waals surface area contributed by atoms with Gasteiger partial charge in [0.25, 0.3) is 0 Å². The molecule has 2 rings (SSSR count). The Morgan fingerprint density at radius 1 is 1.44 bits per heavy atom. The summed E-state index contributed by atoms with van der Waals surface area (Å²) >= 11 is 0. The fourth-order valence-electron chi connectivity index (χ4n) is 3.22. The lowest BCUT2D eigenvalue weighted by molar-refractivity contribution is -0.152. The number of carbonyl (C=O) groups excluding carboxylic acids is 1. The lowest BCUT2D eigenvalue weighted by atomic mass is 9.80. The second-order valence-corrected chi connectivity index (χ2v) is 6.32. The second kappa shape index (κ2) is 5.57. The zero-order valence-corrected chi connectivity index (χ0v) is 11.7. The molecule has 2 N–H and O–H groups in total. The highest BCUT2D eigenvalue weighted by molar-refractivity contribution is 5.79. The molecule has 104 valence electrons. The second-order valence-electron chi connectivity index (χ2n) is 6.32. The number of morpholine rings is 1. The Bertz CT molecular complexity index is 304. The maximum absolute atomic E-state index is 12.7. The Labute approximate surface area is 110 Å². The Morgan fingerprint density at radius 2 is 2.22 bits per heavy atom. The predicted octanol–water partition coefficient (Wildman–Crippen LogP) is 1.39. The molecule has 2 atom stereocenters. The average Bonchev–Trinajstić information content (AvgIpc) is 2.37. The van der Waals surface area contributed by atoms with Crippen LogP contribution in [0.1, 0.15) is 39.5 Å². The lowest BCUT2D eigenvalue weighted by Crippen LogP contribution is -2.57. The molecule has 4 nitrogen and oxygen atoms in total. The van der Waals surface area contributed by atoms with E-state index in [1.807, 2.05) is 4.90 Å². The largest absolute Gasteiger partial charge is 0.377 e. The number of nitrogens with zero attached hydrogens (tertiary/aromatic N) is 1. The van der Waals surface area contributed by atoms with Gasteiger partial charge in [-0.05, 0) is 45.6 Å². The number of amides is 1. The Hall–Kier alpha value is -0.610. The van der Waals surface area contributed by atoms with Crippen molar-refractivity contribution >= 4 is 5.91 Å². The molecule has 1 aliphatic carbocycles. The number of ether oxygens (including phenoxy) is 1. The van der Waals surface area contributed by atoms with Crippen molar-refractivity contribution in [1.82, 2.24) is 4.90 Å². The van der Waals surface area contributed by atoms with E-state index in [4.69, 9.17) is 10.5 Å². The van der Waals surface area contributed by atoms with Gasteiger partial charge in [-0.25, -0.2) is 0 Å². The number of hydrogen-bond acceptors (Lipinski definition) is 3. The van der Waals surface area contributed by atoms with Crippen LogP contribution in [0.25, 0.3) is 0 Å². The Morgan fingerprint density at radius 3 is 2.89 bits per heavy atom. The highest BCUT2D eigenvalue weighted by Gasteiger charge is 2.38. The number of carbonyl (C=O) groups is 1. The van der Waals surface area contributed by atoms with Crippen LogP contribution in [-0.2, 0) is 9.53 Å². The fourth-order valence-corrected chi connectivity index (χ4v) is 3.22. The minimum Gasteiger partial charge on any atom is -0.377 e. The van der Waals surface area contributed by atoms with Gasteiger partial charge in [0.15, 0.2) is 0 Å². The van der Waals surface area contributed by atoms with Gasteiger partial charge in [0.05, 0.1) is 18.8 Å². The van der Waals surface area contributed by atoms with Crippen molar-refractivity contribution in [2.45, 2.75) is 45.1 Å². The first kappa shape index (κ1) is 13.8. The molecule has 1 aliphatic heterocycles. The van der Waals surface area contributed by atoms with Gasteiger partial charge >= 0.3 is 0 Å². The predicted molar refractivity (Wildman–Crippen MR) is 71.1 cm³/mol. The minimum absolute atomic E-state index is 0.162. The van der Waals surface area contributed by atoms with Gasteiger partial charge < -0.3 is 15.4 Å². The molecule has 18 heavy (non-hydrogen) atoms. The average molecular weight is 254 g/mol. The molecule has 0 spiro atoms.